The summed E-state index contributed by atoms with van der Waals surface area (Å²) in [7, 11) is 0. The Bertz CT molecular complexity index is 179. The Hall–Kier alpha value is -0.120. The van der Waals surface area contributed by atoms with E-state index in [2.05, 4.69) is 12.2 Å². The summed E-state index contributed by atoms with van der Waals surface area (Å²) in [6.45, 7) is 6.77. The van der Waals surface area contributed by atoms with Crippen LogP contribution in [0, 0.1) is 5.92 Å². The van der Waals surface area contributed by atoms with Crippen molar-refractivity contribution < 1.29 is 9.84 Å². The molecule has 0 bridgehead atoms. The van der Waals surface area contributed by atoms with Crippen molar-refractivity contribution in [2.75, 3.05) is 26.3 Å². The van der Waals surface area contributed by atoms with E-state index < -0.39 is 5.60 Å². The molecule has 0 heterocycles. The molecule has 1 fully saturated rings. The van der Waals surface area contributed by atoms with Gasteiger partial charge in [0.05, 0.1) is 12.2 Å². The fourth-order valence-corrected chi connectivity index (χ4v) is 1.91. The first-order valence-corrected chi connectivity index (χ1v) is 6.65. The molecule has 1 unspecified atom stereocenters. The van der Waals surface area contributed by atoms with Gasteiger partial charge in [-0.2, -0.15) is 0 Å². The van der Waals surface area contributed by atoms with Crippen LogP contribution in [-0.4, -0.2) is 37.0 Å². The molecule has 1 aliphatic carbocycles. The lowest BCUT2D eigenvalue weighted by atomic mass is 9.83. The zero-order valence-corrected chi connectivity index (χ0v) is 10.8. The van der Waals surface area contributed by atoms with Gasteiger partial charge in [0.25, 0.3) is 0 Å². The average molecular weight is 229 g/mol. The molecule has 96 valence electrons. The molecule has 2 N–H and O–H groups in total. The van der Waals surface area contributed by atoms with Gasteiger partial charge in [0.2, 0.25) is 0 Å². The number of hydrogen-bond acceptors (Lipinski definition) is 3. The Morgan fingerprint density at radius 3 is 2.75 bits per heavy atom. The molecule has 1 atom stereocenters. The molecule has 0 aliphatic heterocycles. The molecule has 0 aromatic rings. The Morgan fingerprint density at radius 1 is 1.44 bits per heavy atom. The predicted octanol–water partition coefficient (Wildman–Crippen LogP) is 1.94. The Kier molecular flexibility index (Phi) is 6.32. The van der Waals surface area contributed by atoms with E-state index in [0.717, 1.165) is 25.5 Å². The molecule has 16 heavy (non-hydrogen) atoms. The van der Waals surface area contributed by atoms with E-state index in [9.17, 15) is 5.11 Å². The summed E-state index contributed by atoms with van der Waals surface area (Å²) in [6, 6.07) is 0. The van der Waals surface area contributed by atoms with Crippen molar-refractivity contribution in [1.29, 1.82) is 0 Å². The number of rotatable bonds is 9. The molecule has 3 nitrogen and oxygen atoms in total. The second-order valence-electron chi connectivity index (χ2n) is 5.31. The van der Waals surface area contributed by atoms with E-state index in [0.29, 0.717) is 13.2 Å². The minimum absolute atomic E-state index is 0.441. The average Bonchev–Trinajstić information content (AvgIpc) is 2.14. The number of nitrogens with one attached hydrogen (secondary N) is 1. The fourth-order valence-electron chi connectivity index (χ4n) is 1.91. The van der Waals surface area contributed by atoms with Crippen molar-refractivity contribution in [3.8, 4) is 0 Å². The lowest BCUT2D eigenvalue weighted by molar-refractivity contribution is -0.0365. The van der Waals surface area contributed by atoms with Crippen LogP contribution < -0.4 is 5.32 Å². The van der Waals surface area contributed by atoms with Crippen molar-refractivity contribution in [1.82, 2.24) is 5.32 Å². The summed E-state index contributed by atoms with van der Waals surface area (Å²) in [5.74, 6) is 0.892. The van der Waals surface area contributed by atoms with E-state index in [1.165, 1.54) is 25.7 Å². The van der Waals surface area contributed by atoms with Crippen LogP contribution in [0.2, 0.25) is 0 Å². The molecule has 0 spiro atoms. The standard InChI is InChI=1S/C13H27NO2/c1-3-8-14-10-13(2,15)11-16-9-7-12-5-4-6-12/h12,14-15H,3-11H2,1-2H3. The molecule has 3 heteroatoms. The molecule has 0 aromatic carbocycles. The fraction of sp³-hybridized carbons (Fsp3) is 1.00. The zero-order chi connectivity index (χ0) is 11.9. The van der Waals surface area contributed by atoms with Crippen molar-refractivity contribution in [2.24, 2.45) is 5.92 Å². The molecular formula is C13H27NO2. The minimum atomic E-state index is -0.727. The molecule has 1 rings (SSSR count). The third-order valence-corrected chi connectivity index (χ3v) is 3.24. The van der Waals surface area contributed by atoms with Gasteiger partial charge in [-0.15, -0.1) is 0 Å². The first kappa shape index (κ1) is 13.9. The van der Waals surface area contributed by atoms with E-state index >= 15 is 0 Å². The maximum Gasteiger partial charge on any atom is 0.0975 e. The number of aliphatic hydroxyl groups is 1. The summed E-state index contributed by atoms with van der Waals surface area (Å²) in [5, 5.41) is 13.2. The Morgan fingerprint density at radius 2 is 2.19 bits per heavy atom. The lowest BCUT2D eigenvalue weighted by Crippen LogP contribution is -2.42. The highest BCUT2D eigenvalue weighted by Crippen LogP contribution is 2.29. The SMILES string of the molecule is CCCNCC(C)(O)COCCC1CCC1. The highest BCUT2D eigenvalue weighted by Gasteiger charge is 2.21. The third-order valence-electron chi connectivity index (χ3n) is 3.24. The van der Waals surface area contributed by atoms with Gasteiger partial charge in [-0.3, -0.25) is 0 Å². The largest absolute Gasteiger partial charge is 0.386 e. The topological polar surface area (TPSA) is 41.5 Å². The molecule has 1 saturated carbocycles. The summed E-state index contributed by atoms with van der Waals surface area (Å²) in [4.78, 5) is 0. The highest BCUT2D eigenvalue weighted by atomic mass is 16.5. The van der Waals surface area contributed by atoms with E-state index in [1.807, 2.05) is 6.92 Å². The summed E-state index contributed by atoms with van der Waals surface area (Å²) in [5.41, 5.74) is -0.727. The van der Waals surface area contributed by atoms with Crippen LogP contribution >= 0.6 is 0 Å². The van der Waals surface area contributed by atoms with Crippen molar-refractivity contribution in [3.63, 3.8) is 0 Å². The third kappa shape index (κ3) is 5.83. The summed E-state index contributed by atoms with van der Waals surface area (Å²) >= 11 is 0. The van der Waals surface area contributed by atoms with Crippen LogP contribution in [0.1, 0.15) is 46.0 Å². The van der Waals surface area contributed by atoms with E-state index in [4.69, 9.17) is 4.74 Å². The number of ether oxygens (including phenoxy) is 1. The van der Waals surface area contributed by atoms with Crippen LogP contribution in [0.4, 0.5) is 0 Å². The van der Waals surface area contributed by atoms with Crippen LogP contribution in [-0.2, 0) is 4.74 Å². The number of hydrogen-bond donors (Lipinski definition) is 2. The molecule has 0 amide bonds. The maximum atomic E-state index is 9.99. The van der Waals surface area contributed by atoms with Gasteiger partial charge in [-0.25, -0.2) is 0 Å². The molecular weight excluding hydrogens is 202 g/mol. The van der Waals surface area contributed by atoms with E-state index in [-0.39, 0.29) is 0 Å². The van der Waals surface area contributed by atoms with E-state index in [1.54, 1.807) is 0 Å². The molecule has 1 aliphatic rings. The summed E-state index contributed by atoms with van der Waals surface area (Å²) in [6.07, 6.45) is 6.40. The quantitative estimate of drug-likeness (QED) is 0.594. The summed E-state index contributed by atoms with van der Waals surface area (Å²) < 4.78 is 5.55. The van der Waals surface area contributed by atoms with Crippen molar-refractivity contribution in [2.45, 2.75) is 51.6 Å². The second-order valence-corrected chi connectivity index (χ2v) is 5.31. The van der Waals surface area contributed by atoms with Gasteiger partial charge >= 0.3 is 0 Å². The Labute approximate surface area is 99.6 Å². The first-order valence-electron chi connectivity index (χ1n) is 6.65. The smallest absolute Gasteiger partial charge is 0.0975 e. The van der Waals surface area contributed by atoms with Crippen LogP contribution in [0.15, 0.2) is 0 Å². The van der Waals surface area contributed by atoms with Gasteiger partial charge in [0.15, 0.2) is 0 Å². The van der Waals surface area contributed by atoms with Crippen LogP contribution in [0.3, 0.4) is 0 Å². The van der Waals surface area contributed by atoms with Crippen LogP contribution in [0.25, 0.3) is 0 Å². The predicted molar refractivity (Wildman–Crippen MR) is 66.6 cm³/mol. The minimum Gasteiger partial charge on any atom is -0.386 e. The van der Waals surface area contributed by atoms with Crippen LogP contribution in [0.5, 0.6) is 0 Å². The van der Waals surface area contributed by atoms with Crippen molar-refractivity contribution >= 4 is 0 Å². The van der Waals surface area contributed by atoms with Gasteiger partial charge in [0, 0.05) is 13.2 Å². The second kappa shape index (κ2) is 7.25. The van der Waals surface area contributed by atoms with Crippen molar-refractivity contribution in [3.05, 3.63) is 0 Å². The molecule has 0 aromatic heterocycles. The Balaban J connectivity index is 1.95. The van der Waals surface area contributed by atoms with Gasteiger partial charge in [0.1, 0.15) is 0 Å². The highest BCUT2D eigenvalue weighted by molar-refractivity contribution is 4.75. The maximum absolute atomic E-state index is 9.99. The zero-order valence-electron chi connectivity index (χ0n) is 10.8. The van der Waals surface area contributed by atoms with Gasteiger partial charge in [-0.05, 0) is 32.2 Å². The molecule has 0 saturated heterocycles. The van der Waals surface area contributed by atoms with Gasteiger partial charge in [-0.1, -0.05) is 26.2 Å². The van der Waals surface area contributed by atoms with Gasteiger partial charge < -0.3 is 15.2 Å². The lowest BCUT2D eigenvalue weighted by Gasteiger charge is -2.27. The monoisotopic (exact) mass is 229 g/mol. The normalized spacial score (nSPS) is 20.4. The first-order chi connectivity index (χ1) is 7.64. The molecule has 0 radical (unpaired) electrons.